The minimum Gasteiger partial charge on any atom is -0.353 e. The maximum absolute atomic E-state index is 12.9. The van der Waals surface area contributed by atoms with Crippen molar-refractivity contribution in [1.29, 1.82) is 0 Å². The van der Waals surface area contributed by atoms with Crippen molar-refractivity contribution in [3.05, 3.63) is 52.5 Å². The molecule has 5 heteroatoms. The summed E-state index contributed by atoms with van der Waals surface area (Å²) in [6.07, 6.45) is 3.44. The van der Waals surface area contributed by atoms with Crippen LogP contribution in [0.2, 0.25) is 0 Å². The fourth-order valence-corrected chi connectivity index (χ4v) is 5.00. The Morgan fingerprint density at radius 2 is 1.67 bits per heavy atom. The molecule has 1 saturated heterocycles. The van der Waals surface area contributed by atoms with Crippen LogP contribution in [0, 0.1) is 25.2 Å². The fourth-order valence-electron chi connectivity index (χ4n) is 5.00. The van der Waals surface area contributed by atoms with Crippen molar-refractivity contribution < 1.29 is 4.79 Å². The van der Waals surface area contributed by atoms with Gasteiger partial charge < -0.3 is 9.80 Å². The number of hydrogen-bond acceptors (Lipinski definition) is 4. The quantitative estimate of drug-likeness (QED) is 0.570. The first-order valence-corrected chi connectivity index (χ1v) is 12.5. The number of piperazine rings is 1. The highest BCUT2D eigenvalue weighted by Gasteiger charge is 2.26. The van der Waals surface area contributed by atoms with E-state index in [1.807, 2.05) is 11.8 Å². The zero-order valence-electron chi connectivity index (χ0n) is 21.7. The van der Waals surface area contributed by atoms with Gasteiger partial charge in [-0.25, -0.2) is 9.97 Å². The van der Waals surface area contributed by atoms with Gasteiger partial charge in [-0.2, -0.15) is 0 Å². The molecule has 180 valence electrons. The van der Waals surface area contributed by atoms with Crippen molar-refractivity contribution >= 4 is 11.7 Å². The molecule has 0 radical (unpaired) electrons. The van der Waals surface area contributed by atoms with Crippen molar-refractivity contribution in [2.45, 2.75) is 74.1 Å². The molecule has 2 aromatic rings. The first-order chi connectivity index (χ1) is 15.6. The third-order valence-electron chi connectivity index (χ3n) is 6.43. The molecule has 1 atom stereocenters. The van der Waals surface area contributed by atoms with Gasteiger partial charge in [0.2, 0.25) is 5.91 Å². The molecule has 1 amide bonds. The molecule has 0 saturated carbocycles. The summed E-state index contributed by atoms with van der Waals surface area (Å²) in [5.41, 5.74) is 5.17. The topological polar surface area (TPSA) is 49.3 Å². The van der Waals surface area contributed by atoms with E-state index in [1.165, 1.54) is 16.7 Å². The highest BCUT2D eigenvalue weighted by molar-refractivity contribution is 5.76. The maximum Gasteiger partial charge on any atom is 0.222 e. The zero-order chi connectivity index (χ0) is 24.2. The lowest BCUT2D eigenvalue weighted by molar-refractivity contribution is -0.132. The van der Waals surface area contributed by atoms with Gasteiger partial charge in [-0.15, -0.1) is 0 Å². The van der Waals surface area contributed by atoms with E-state index in [-0.39, 0.29) is 5.41 Å². The Labute approximate surface area is 200 Å². The molecular formula is C28H42N4O. The van der Waals surface area contributed by atoms with Gasteiger partial charge >= 0.3 is 0 Å². The molecule has 2 heterocycles. The van der Waals surface area contributed by atoms with Gasteiger partial charge in [0, 0.05) is 50.3 Å². The number of nitrogens with zero attached hydrogens (tertiary/aromatic N) is 4. The average molecular weight is 451 g/mol. The fraction of sp³-hybridized carbons (Fsp3) is 0.607. The Balaban J connectivity index is 1.72. The second kappa shape index (κ2) is 10.7. The Kier molecular flexibility index (Phi) is 8.14. The van der Waals surface area contributed by atoms with Crippen molar-refractivity contribution in [2.24, 2.45) is 11.3 Å². The molecule has 0 unspecified atom stereocenters. The van der Waals surface area contributed by atoms with E-state index in [2.05, 4.69) is 70.7 Å². The van der Waals surface area contributed by atoms with Gasteiger partial charge in [-0.1, -0.05) is 64.4 Å². The van der Waals surface area contributed by atoms with E-state index in [0.29, 0.717) is 18.2 Å². The molecular weight excluding hydrogens is 408 g/mol. The second-order valence-corrected chi connectivity index (χ2v) is 11.0. The smallest absolute Gasteiger partial charge is 0.222 e. The predicted molar refractivity (Wildman–Crippen MR) is 137 cm³/mol. The van der Waals surface area contributed by atoms with E-state index < -0.39 is 0 Å². The van der Waals surface area contributed by atoms with Crippen molar-refractivity contribution in [1.82, 2.24) is 14.9 Å². The summed E-state index contributed by atoms with van der Waals surface area (Å²) in [7, 11) is 0. The van der Waals surface area contributed by atoms with E-state index in [0.717, 1.165) is 62.8 Å². The normalized spacial score (nSPS) is 15.6. The zero-order valence-corrected chi connectivity index (χ0v) is 21.7. The molecule has 1 aromatic carbocycles. The summed E-state index contributed by atoms with van der Waals surface area (Å²) in [4.78, 5) is 27.0. The van der Waals surface area contributed by atoms with Crippen LogP contribution in [0.4, 0.5) is 5.82 Å². The summed E-state index contributed by atoms with van der Waals surface area (Å²) in [6.45, 7) is 18.4. The van der Waals surface area contributed by atoms with Gasteiger partial charge in [-0.3, -0.25) is 4.79 Å². The van der Waals surface area contributed by atoms with Gasteiger partial charge in [-0.05, 0) is 43.6 Å². The molecule has 3 rings (SSSR count). The summed E-state index contributed by atoms with van der Waals surface area (Å²) in [6, 6.07) is 8.74. The second-order valence-electron chi connectivity index (χ2n) is 11.0. The molecule has 1 aromatic heterocycles. The van der Waals surface area contributed by atoms with Crippen LogP contribution in [0.15, 0.2) is 24.3 Å². The summed E-state index contributed by atoms with van der Waals surface area (Å²) >= 11 is 0. The maximum atomic E-state index is 12.9. The number of carbonyl (C=O) groups excluding carboxylic acids is 1. The van der Waals surface area contributed by atoms with Crippen LogP contribution < -0.4 is 4.90 Å². The van der Waals surface area contributed by atoms with Crippen LogP contribution in [-0.2, 0) is 17.6 Å². The van der Waals surface area contributed by atoms with E-state index in [4.69, 9.17) is 9.97 Å². The number of aromatic nitrogens is 2. The summed E-state index contributed by atoms with van der Waals surface area (Å²) in [5.74, 6) is 2.57. The number of aryl methyl sites for hydroxylation is 3. The van der Waals surface area contributed by atoms with Gasteiger partial charge in [0.1, 0.15) is 11.6 Å². The van der Waals surface area contributed by atoms with Crippen molar-refractivity contribution in [3.63, 3.8) is 0 Å². The Bertz CT molecular complexity index is 938. The van der Waals surface area contributed by atoms with Crippen molar-refractivity contribution in [2.75, 3.05) is 31.1 Å². The summed E-state index contributed by atoms with van der Waals surface area (Å²) < 4.78 is 0. The third kappa shape index (κ3) is 7.02. The highest BCUT2D eigenvalue weighted by atomic mass is 16.2. The van der Waals surface area contributed by atoms with Crippen LogP contribution in [0.3, 0.4) is 0 Å². The molecule has 0 bridgehead atoms. The Morgan fingerprint density at radius 3 is 2.24 bits per heavy atom. The van der Waals surface area contributed by atoms with Crippen LogP contribution in [0.5, 0.6) is 0 Å². The summed E-state index contributed by atoms with van der Waals surface area (Å²) in [5, 5.41) is 0. The van der Waals surface area contributed by atoms with Crippen LogP contribution in [0.25, 0.3) is 0 Å². The van der Waals surface area contributed by atoms with Crippen LogP contribution in [-0.4, -0.2) is 47.0 Å². The standard InChI is InChI=1S/C28H42N4O/c1-8-25-24(18-23-11-9-20(2)10-12-23)27(30-22(4)29-25)32-15-13-31(14-16-32)26(33)17-21(3)19-28(5,6)7/h9-12,21H,8,13-19H2,1-7H3/t21-/m1/s1. The average Bonchev–Trinajstić information content (AvgIpc) is 2.74. The number of amides is 1. The first kappa shape index (κ1) is 25.2. The molecule has 5 nitrogen and oxygen atoms in total. The minimum absolute atomic E-state index is 0.258. The van der Waals surface area contributed by atoms with Gasteiger partial charge in [0.15, 0.2) is 0 Å². The lowest BCUT2D eigenvalue weighted by Crippen LogP contribution is -2.49. The number of hydrogen-bond donors (Lipinski definition) is 0. The molecule has 1 aliphatic heterocycles. The van der Waals surface area contributed by atoms with Crippen molar-refractivity contribution in [3.8, 4) is 0 Å². The van der Waals surface area contributed by atoms with Crippen LogP contribution >= 0.6 is 0 Å². The third-order valence-corrected chi connectivity index (χ3v) is 6.43. The molecule has 33 heavy (non-hydrogen) atoms. The number of anilines is 1. The largest absolute Gasteiger partial charge is 0.353 e. The number of benzene rings is 1. The van der Waals surface area contributed by atoms with E-state index in [9.17, 15) is 4.79 Å². The molecule has 0 N–H and O–H groups in total. The molecule has 0 aliphatic carbocycles. The minimum atomic E-state index is 0.258. The van der Waals surface area contributed by atoms with E-state index in [1.54, 1.807) is 0 Å². The van der Waals surface area contributed by atoms with Gasteiger partial charge in [0.25, 0.3) is 0 Å². The molecule has 1 aliphatic rings. The number of carbonyl (C=O) groups is 1. The lowest BCUT2D eigenvalue weighted by atomic mass is 9.84. The van der Waals surface area contributed by atoms with Gasteiger partial charge in [0.05, 0.1) is 0 Å². The predicted octanol–water partition coefficient (Wildman–Crippen LogP) is 5.36. The number of rotatable bonds is 7. The monoisotopic (exact) mass is 450 g/mol. The molecule has 0 spiro atoms. The molecule has 1 fully saturated rings. The Morgan fingerprint density at radius 1 is 1.03 bits per heavy atom. The lowest BCUT2D eigenvalue weighted by Gasteiger charge is -2.37. The Hall–Kier alpha value is -2.43. The SMILES string of the molecule is CCc1nc(C)nc(N2CCN(C(=O)C[C@@H](C)CC(C)(C)C)CC2)c1Cc1ccc(C)cc1. The highest BCUT2D eigenvalue weighted by Crippen LogP contribution is 2.28. The first-order valence-electron chi connectivity index (χ1n) is 12.5. The van der Waals surface area contributed by atoms with E-state index >= 15 is 0 Å². The van der Waals surface area contributed by atoms with Crippen LogP contribution in [0.1, 0.15) is 75.7 Å².